The van der Waals surface area contributed by atoms with Crippen LogP contribution < -0.4 is 11.1 Å². The fourth-order valence-electron chi connectivity index (χ4n) is 3.45. The van der Waals surface area contributed by atoms with Crippen molar-refractivity contribution in [3.8, 4) is 28.8 Å². The number of aromatic nitrogens is 2. The maximum Gasteiger partial charge on any atom is 0.273 e. The minimum Gasteiger partial charge on any atom is -0.346 e. The molecule has 0 aliphatic rings. The smallest absolute Gasteiger partial charge is 0.273 e. The first-order chi connectivity index (χ1) is 16.8. The van der Waals surface area contributed by atoms with E-state index in [0.29, 0.717) is 39.8 Å². The Kier molecular flexibility index (Phi) is 10.2. The van der Waals surface area contributed by atoms with Crippen LogP contribution in [-0.4, -0.2) is 42.4 Å². The summed E-state index contributed by atoms with van der Waals surface area (Å²) in [6, 6.07) is 11.7. The van der Waals surface area contributed by atoms with Crippen LogP contribution in [0.1, 0.15) is 49.7 Å². The molecule has 1 aromatic heterocycles. The van der Waals surface area contributed by atoms with Crippen LogP contribution in [-0.2, 0) is 9.84 Å². The Morgan fingerprint density at radius 3 is 2.32 bits per heavy atom. The predicted molar refractivity (Wildman–Crippen MR) is 152 cm³/mol. The van der Waals surface area contributed by atoms with Gasteiger partial charge >= 0.3 is 0 Å². The van der Waals surface area contributed by atoms with E-state index < -0.39 is 21.3 Å². The Labute approximate surface area is 234 Å². The molecule has 0 radical (unpaired) electrons. The van der Waals surface area contributed by atoms with Gasteiger partial charge in [-0.05, 0) is 64.1 Å². The summed E-state index contributed by atoms with van der Waals surface area (Å²) in [4.78, 5) is 13.0. The monoisotopic (exact) mass is 582 g/mol. The Morgan fingerprint density at radius 2 is 1.78 bits per heavy atom. The number of nitrogens with one attached hydrogen (secondary N) is 1. The van der Waals surface area contributed by atoms with Gasteiger partial charge in [-0.15, -0.1) is 12.4 Å². The summed E-state index contributed by atoms with van der Waals surface area (Å²) >= 11 is 12.7. The van der Waals surface area contributed by atoms with Crippen molar-refractivity contribution in [2.24, 2.45) is 5.73 Å². The lowest BCUT2D eigenvalue weighted by Crippen LogP contribution is -2.41. The third-order valence-corrected chi connectivity index (χ3v) is 6.63. The van der Waals surface area contributed by atoms with Crippen molar-refractivity contribution >= 4 is 51.4 Å². The zero-order valence-electron chi connectivity index (χ0n) is 20.9. The molecule has 7 nitrogen and oxygen atoms in total. The number of nitrogens with zero attached hydrogens (tertiary/aromatic N) is 2. The Balaban J connectivity index is 0.00000481. The summed E-state index contributed by atoms with van der Waals surface area (Å²) in [6.07, 6.45) is 2.51. The van der Waals surface area contributed by atoms with Gasteiger partial charge in [0, 0.05) is 34.4 Å². The van der Waals surface area contributed by atoms with Gasteiger partial charge in [0.2, 0.25) is 0 Å². The molecule has 0 fully saturated rings. The van der Waals surface area contributed by atoms with E-state index in [1.807, 2.05) is 0 Å². The third-order valence-electron chi connectivity index (χ3n) is 4.95. The highest BCUT2D eigenvalue weighted by molar-refractivity contribution is 7.91. The van der Waals surface area contributed by atoms with Crippen molar-refractivity contribution in [3.63, 3.8) is 0 Å². The molecule has 1 amide bonds. The van der Waals surface area contributed by atoms with E-state index in [2.05, 4.69) is 22.3 Å². The number of unbranched alkanes of at least 4 members (excludes halogenated alkanes) is 1. The number of rotatable bonds is 6. The number of hydrogen-bond acceptors (Lipinski definition) is 5. The standard InChI is InChI=1S/C26H28Cl2N4O3S.ClH/c1-26(2,3)30-25(33)22-24(36(4,34)35)23(18-10-12-19(27)13-11-18)32(31-22)21-14-9-17(16-20(21)28)8-6-5-7-15-29;/h9-14,16H,5,7,15,29H2,1-4H3,(H,30,33);1H. The highest BCUT2D eigenvalue weighted by atomic mass is 35.5. The zero-order chi connectivity index (χ0) is 26.7. The minimum atomic E-state index is -3.90. The van der Waals surface area contributed by atoms with Gasteiger partial charge in [0.05, 0.1) is 16.4 Å². The largest absolute Gasteiger partial charge is 0.346 e. The Morgan fingerprint density at radius 1 is 1.14 bits per heavy atom. The SMILES string of the molecule is CC(C)(C)NC(=O)c1nn(-c2ccc(C#CCCCN)cc2Cl)c(-c2ccc(Cl)cc2)c1S(C)(=O)=O.Cl. The molecule has 3 N–H and O–H groups in total. The molecule has 0 aliphatic carbocycles. The molecule has 1 heterocycles. The molecule has 0 aliphatic heterocycles. The van der Waals surface area contributed by atoms with Crippen LogP contribution in [0, 0.1) is 11.8 Å². The molecule has 3 rings (SSSR count). The molecule has 2 aromatic carbocycles. The van der Waals surface area contributed by atoms with Crippen LogP contribution in [0.2, 0.25) is 10.0 Å². The van der Waals surface area contributed by atoms with Crippen LogP contribution >= 0.6 is 35.6 Å². The molecule has 198 valence electrons. The first-order valence-corrected chi connectivity index (χ1v) is 13.9. The van der Waals surface area contributed by atoms with Gasteiger partial charge in [-0.25, -0.2) is 13.1 Å². The van der Waals surface area contributed by atoms with E-state index in [4.69, 9.17) is 28.9 Å². The molecular formula is C26H29Cl3N4O3S. The minimum absolute atomic E-state index is 0. The summed E-state index contributed by atoms with van der Waals surface area (Å²) in [5.74, 6) is 5.47. The molecule has 0 atom stereocenters. The number of halogens is 3. The lowest BCUT2D eigenvalue weighted by atomic mass is 10.1. The number of carbonyl (C=O) groups excluding carboxylic acids is 1. The summed E-state index contributed by atoms with van der Waals surface area (Å²) in [6.45, 7) is 5.96. The van der Waals surface area contributed by atoms with Crippen molar-refractivity contribution in [2.75, 3.05) is 12.8 Å². The number of sulfone groups is 1. The molecule has 0 bridgehead atoms. The molecule has 11 heteroatoms. The predicted octanol–water partition coefficient (Wildman–Crippen LogP) is 5.29. The maximum absolute atomic E-state index is 13.2. The van der Waals surface area contributed by atoms with Gasteiger partial charge in [-0.2, -0.15) is 5.10 Å². The normalized spacial score (nSPS) is 11.3. The van der Waals surface area contributed by atoms with Gasteiger partial charge in [0.15, 0.2) is 15.5 Å². The van der Waals surface area contributed by atoms with Gasteiger partial charge < -0.3 is 11.1 Å². The van der Waals surface area contributed by atoms with Gasteiger partial charge in [0.1, 0.15) is 4.90 Å². The van der Waals surface area contributed by atoms with Crippen LogP contribution in [0.4, 0.5) is 0 Å². The van der Waals surface area contributed by atoms with Gasteiger partial charge in [0.25, 0.3) is 5.91 Å². The first-order valence-electron chi connectivity index (χ1n) is 11.2. The summed E-state index contributed by atoms with van der Waals surface area (Å²) < 4.78 is 27.4. The zero-order valence-corrected chi connectivity index (χ0v) is 24.1. The van der Waals surface area contributed by atoms with Crippen LogP contribution in [0.25, 0.3) is 16.9 Å². The van der Waals surface area contributed by atoms with Crippen LogP contribution in [0.3, 0.4) is 0 Å². The molecule has 3 aromatic rings. The number of benzene rings is 2. The average Bonchev–Trinajstić information content (AvgIpc) is 3.17. The summed E-state index contributed by atoms with van der Waals surface area (Å²) in [5, 5.41) is 8.03. The number of hydrogen-bond donors (Lipinski definition) is 2. The van der Waals surface area contributed by atoms with E-state index in [0.717, 1.165) is 12.7 Å². The van der Waals surface area contributed by atoms with Crippen LogP contribution in [0.15, 0.2) is 47.4 Å². The Bertz CT molecular complexity index is 1450. The summed E-state index contributed by atoms with van der Waals surface area (Å²) in [5.41, 5.74) is 6.47. The number of nitrogens with two attached hydrogens (primary N) is 1. The average molecular weight is 584 g/mol. The topological polar surface area (TPSA) is 107 Å². The number of carbonyl (C=O) groups is 1. The van der Waals surface area contributed by atoms with Gasteiger partial charge in [-0.3, -0.25) is 4.79 Å². The molecule has 0 unspecified atom stereocenters. The van der Waals surface area contributed by atoms with Crippen molar-refractivity contribution in [3.05, 3.63) is 63.8 Å². The van der Waals surface area contributed by atoms with E-state index in [9.17, 15) is 13.2 Å². The van der Waals surface area contributed by atoms with Crippen molar-refractivity contribution < 1.29 is 13.2 Å². The second-order valence-electron chi connectivity index (χ2n) is 9.28. The van der Waals surface area contributed by atoms with Gasteiger partial charge in [-0.1, -0.05) is 47.2 Å². The fraction of sp³-hybridized carbons (Fsp3) is 0.308. The summed E-state index contributed by atoms with van der Waals surface area (Å²) in [7, 11) is -3.90. The molecule has 0 saturated carbocycles. The van der Waals surface area contributed by atoms with E-state index in [1.165, 1.54) is 4.68 Å². The van der Waals surface area contributed by atoms with Crippen molar-refractivity contribution in [1.82, 2.24) is 15.1 Å². The fourth-order valence-corrected chi connectivity index (χ4v) is 4.88. The highest BCUT2D eigenvalue weighted by Crippen LogP contribution is 2.35. The van der Waals surface area contributed by atoms with Crippen LogP contribution in [0.5, 0.6) is 0 Å². The van der Waals surface area contributed by atoms with E-state index in [-0.39, 0.29) is 28.7 Å². The number of amides is 1. The lowest BCUT2D eigenvalue weighted by molar-refractivity contribution is 0.0910. The molecule has 0 spiro atoms. The molecule has 37 heavy (non-hydrogen) atoms. The first kappa shape index (κ1) is 30.7. The maximum atomic E-state index is 13.2. The second kappa shape index (κ2) is 12.3. The Hall–Kier alpha value is -2.54. The molecular weight excluding hydrogens is 555 g/mol. The second-order valence-corrected chi connectivity index (χ2v) is 12.1. The third kappa shape index (κ3) is 7.73. The van der Waals surface area contributed by atoms with E-state index in [1.54, 1.807) is 63.2 Å². The highest BCUT2D eigenvalue weighted by Gasteiger charge is 2.32. The van der Waals surface area contributed by atoms with Crippen molar-refractivity contribution in [1.29, 1.82) is 0 Å². The molecule has 0 saturated heterocycles. The van der Waals surface area contributed by atoms with E-state index >= 15 is 0 Å². The van der Waals surface area contributed by atoms with Crippen molar-refractivity contribution in [2.45, 2.75) is 44.0 Å². The quantitative estimate of drug-likeness (QED) is 0.303. The lowest BCUT2D eigenvalue weighted by Gasteiger charge is -2.19.